The van der Waals surface area contributed by atoms with Crippen LogP contribution in [0.15, 0.2) is 54.6 Å². The number of urea groups is 1. The van der Waals surface area contributed by atoms with Crippen molar-refractivity contribution in [2.24, 2.45) is 5.92 Å². The zero-order chi connectivity index (χ0) is 19.6. The number of nitrogens with one attached hydrogen (secondary N) is 3. The van der Waals surface area contributed by atoms with E-state index < -0.39 is 0 Å². The molecule has 5 heteroatoms. The Morgan fingerprint density at radius 1 is 1.04 bits per heavy atom. The van der Waals surface area contributed by atoms with Gasteiger partial charge in [-0.3, -0.25) is 4.79 Å². The number of benzene rings is 2. The Hall–Kier alpha value is -2.82. The van der Waals surface area contributed by atoms with Crippen LogP contribution in [0.5, 0.6) is 0 Å². The molecular formula is C23H27N3O2. The summed E-state index contributed by atoms with van der Waals surface area (Å²) in [5, 5.41) is 8.97. The highest BCUT2D eigenvalue weighted by atomic mass is 16.2. The van der Waals surface area contributed by atoms with Gasteiger partial charge in [-0.15, -0.1) is 0 Å². The van der Waals surface area contributed by atoms with E-state index in [4.69, 9.17) is 0 Å². The van der Waals surface area contributed by atoms with E-state index in [-0.39, 0.29) is 29.3 Å². The minimum atomic E-state index is -0.152. The summed E-state index contributed by atoms with van der Waals surface area (Å²) < 4.78 is 0. The summed E-state index contributed by atoms with van der Waals surface area (Å²) in [5.41, 5.74) is 3.20. The van der Waals surface area contributed by atoms with Crippen LogP contribution in [-0.4, -0.2) is 18.5 Å². The van der Waals surface area contributed by atoms with Crippen LogP contribution in [0.25, 0.3) is 0 Å². The van der Waals surface area contributed by atoms with Crippen LogP contribution < -0.4 is 16.0 Å². The number of carbonyl (C=O) groups is 2. The molecule has 146 valence electrons. The molecule has 3 N–H and O–H groups in total. The van der Waals surface area contributed by atoms with E-state index in [1.807, 2.05) is 49.4 Å². The van der Waals surface area contributed by atoms with E-state index in [9.17, 15) is 9.59 Å². The highest BCUT2D eigenvalue weighted by molar-refractivity contribution is 5.94. The average Bonchev–Trinajstić information content (AvgIpc) is 3.62. The molecule has 2 aliphatic rings. The van der Waals surface area contributed by atoms with Crippen molar-refractivity contribution in [3.8, 4) is 0 Å². The number of hydrogen-bond donors (Lipinski definition) is 3. The first-order valence-corrected chi connectivity index (χ1v) is 10.1. The number of hydrogen-bond acceptors (Lipinski definition) is 2. The Labute approximate surface area is 165 Å². The number of amides is 3. The van der Waals surface area contributed by atoms with Crippen molar-refractivity contribution in [2.45, 2.75) is 44.1 Å². The van der Waals surface area contributed by atoms with Crippen LogP contribution in [0, 0.1) is 5.92 Å². The predicted octanol–water partition coefficient (Wildman–Crippen LogP) is 4.13. The molecule has 0 spiro atoms. The summed E-state index contributed by atoms with van der Waals surface area (Å²) in [7, 11) is 0. The molecule has 1 unspecified atom stereocenters. The van der Waals surface area contributed by atoms with Gasteiger partial charge in [0.1, 0.15) is 0 Å². The minimum absolute atomic E-state index is 0.100. The third kappa shape index (κ3) is 4.35. The second kappa shape index (κ2) is 7.66. The summed E-state index contributed by atoms with van der Waals surface area (Å²) in [6.07, 6.45) is 4.21. The SMILES string of the molecule is CC(NC(=O)NCC1(c2ccccc2)CC1)c1ccc(NC(=O)C2CC2)cc1. The monoisotopic (exact) mass is 377 g/mol. The Bertz CT molecular complexity index is 840. The standard InChI is InChI=1S/C23H27N3O2/c1-16(17-9-11-20(12-10-17)26-21(27)18-7-8-18)25-22(28)24-15-23(13-14-23)19-5-3-2-4-6-19/h2-6,9-12,16,18H,7-8,13-15H2,1H3,(H,26,27)(H2,24,25,28). The molecule has 3 amide bonds. The van der Waals surface area contributed by atoms with Gasteiger partial charge in [0.15, 0.2) is 0 Å². The molecule has 2 saturated carbocycles. The fraction of sp³-hybridized carbons (Fsp3) is 0.391. The Kier molecular flexibility index (Phi) is 5.07. The molecule has 2 aliphatic carbocycles. The molecule has 2 aromatic carbocycles. The van der Waals surface area contributed by atoms with Crippen LogP contribution >= 0.6 is 0 Å². The van der Waals surface area contributed by atoms with Crippen LogP contribution in [0.4, 0.5) is 10.5 Å². The van der Waals surface area contributed by atoms with E-state index in [1.165, 1.54) is 5.56 Å². The maximum absolute atomic E-state index is 12.3. The van der Waals surface area contributed by atoms with Gasteiger partial charge in [0.05, 0.1) is 6.04 Å². The van der Waals surface area contributed by atoms with Crippen molar-refractivity contribution in [3.05, 3.63) is 65.7 Å². The topological polar surface area (TPSA) is 70.2 Å². The van der Waals surface area contributed by atoms with Crippen molar-refractivity contribution < 1.29 is 9.59 Å². The number of rotatable bonds is 7. The van der Waals surface area contributed by atoms with Crippen LogP contribution in [0.1, 0.15) is 49.8 Å². The van der Waals surface area contributed by atoms with Gasteiger partial charge < -0.3 is 16.0 Å². The van der Waals surface area contributed by atoms with Crippen LogP contribution in [0.3, 0.4) is 0 Å². The molecule has 2 fully saturated rings. The summed E-state index contributed by atoms with van der Waals surface area (Å²) in [6, 6.07) is 17.8. The Morgan fingerprint density at radius 2 is 1.71 bits per heavy atom. The molecule has 1 atom stereocenters. The number of anilines is 1. The predicted molar refractivity (Wildman–Crippen MR) is 110 cm³/mol. The van der Waals surface area contributed by atoms with Crippen molar-refractivity contribution in [2.75, 3.05) is 11.9 Å². The van der Waals surface area contributed by atoms with Crippen molar-refractivity contribution in [1.29, 1.82) is 0 Å². The smallest absolute Gasteiger partial charge is 0.315 e. The molecule has 0 aromatic heterocycles. The molecular weight excluding hydrogens is 350 g/mol. The lowest BCUT2D eigenvalue weighted by Crippen LogP contribution is -2.40. The molecule has 5 nitrogen and oxygen atoms in total. The zero-order valence-electron chi connectivity index (χ0n) is 16.2. The third-order valence-electron chi connectivity index (χ3n) is 5.80. The van der Waals surface area contributed by atoms with Gasteiger partial charge in [-0.05, 0) is 55.9 Å². The molecule has 4 rings (SSSR count). The largest absolute Gasteiger partial charge is 0.337 e. The Balaban J connectivity index is 1.26. The Morgan fingerprint density at radius 3 is 2.32 bits per heavy atom. The van der Waals surface area contributed by atoms with Gasteiger partial charge in [0.2, 0.25) is 5.91 Å². The fourth-order valence-corrected chi connectivity index (χ4v) is 3.54. The van der Waals surface area contributed by atoms with Crippen molar-refractivity contribution in [1.82, 2.24) is 10.6 Å². The second-order valence-corrected chi connectivity index (χ2v) is 8.08. The average molecular weight is 377 g/mol. The van der Waals surface area contributed by atoms with E-state index in [0.29, 0.717) is 6.54 Å². The quantitative estimate of drug-likeness (QED) is 0.679. The zero-order valence-corrected chi connectivity index (χ0v) is 16.2. The van der Waals surface area contributed by atoms with Crippen LogP contribution in [-0.2, 0) is 10.2 Å². The third-order valence-corrected chi connectivity index (χ3v) is 5.80. The van der Waals surface area contributed by atoms with E-state index in [1.54, 1.807) is 0 Å². The van der Waals surface area contributed by atoms with Gasteiger partial charge >= 0.3 is 6.03 Å². The van der Waals surface area contributed by atoms with Gasteiger partial charge in [-0.1, -0.05) is 42.5 Å². The summed E-state index contributed by atoms with van der Waals surface area (Å²) >= 11 is 0. The maximum Gasteiger partial charge on any atom is 0.315 e. The lowest BCUT2D eigenvalue weighted by molar-refractivity contribution is -0.117. The summed E-state index contributed by atoms with van der Waals surface area (Å²) in [4.78, 5) is 24.2. The first-order chi connectivity index (χ1) is 13.6. The van der Waals surface area contributed by atoms with Gasteiger partial charge in [-0.25, -0.2) is 4.79 Å². The minimum Gasteiger partial charge on any atom is -0.337 e. The first-order valence-electron chi connectivity index (χ1n) is 10.1. The maximum atomic E-state index is 12.3. The molecule has 0 aliphatic heterocycles. The van der Waals surface area contributed by atoms with Gasteiger partial charge in [-0.2, -0.15) is 0 Å². The van der Waals surface area contributed by atoms with Gasteiger partial charge in [0.25, 0.3) is 0 Å². The fourth-order valence-electron chi connectivity index (χ4n) is 3.54. The molecule has 0 heterocycles. The highest BCUT2D eigenvalue weighted by Gasteiger charge is 2.44. The van der Waals surface area contributed by atoms with Crippen LogP contribution in [0.2, 0.25) is 0 Å². The summed E-state index contributed by atoms with van der Waals surface area (Å²) in [5.74, 6) is 0.292. The summed E-state index contributed by atoms with van der Waals surface area (Å²) in [6.45, 7) is 2.61. The number of carbonyl (C=O) groups excluding carboxylic acids is 2. The molecule has 0 bridgehead atoms. The van der Waals surface area contributed by atoms with E-state index in [0.717, 1.165) is 36.9 Å². The lowest BCUT2D eigenvalue weighted by atomic mass is 9.96. The molecule has 0 radical (unpaired) electrons. The molecule has 0 saturated heterocycles. The van der Waals surface area contributed by atoms with E-state index >= 15 is 0 Å². The van der Waals surface area contributed by atoms with Gasteiger partial charge in [0, 0.05) is 23.6 Å². The van der Waals surface area contributed by atoms with Crippen molar-refractivity contribution >= 4 is 17.6 Å². The van der Waals surface area contributed by atoms with E-state index in [2.05, 4.69) is 28.1 Å². The second-order valence-electron chi connectivity index (χ2n) is 8.08. The van der Waals surface area contributed by atoms with Crippen molar-refractivity contribution in [3.63, 3.8) is 0 Å². The normalized spacial score (nSPS) is 18.0. The highest BCUT2D eigenvalue weighted by Crippen LogP contribution is 2.47. The lowest BCUT2D eigenvalue weighted by Gasteiger charge is -2.19. The first kappa shape index (κ1) is 18.5. The molecule has 2 aromatic rings. The molecule has 28 heavy (non-hydrogen) atoms.